The average Bonchev–Trinajstić information content (AvgIpc) is 2.67. The fourth-order valence-electron chi connectivity index (χ4n) is 3.19. The molecule has 1 saturated heterocycles. The summed E-state index contributed by atoms with van der Waals surface area (Å²) in [6.45, 7) is 2.14. The van der Waals surface area contributed by atoms with Crippen LogP contribution in [-0.2, 0) is 4.79 Å². The van der Waals surface area contributed by atoms with E-state index < -0.39 is 12.0 Å². The van der Waals surface area contributed by atoms with Gasteiger partial charge in [-0.25, -0.2) is 9.59 Å². The lowest BCUT2D eigenvalue weighted by Crippen LogP contribution is -2.41. The lowest BCUT2D eigenvalue weighted by Gasteiger charge is -2.30. The zero-order chi connectivity index (χ0) is 13.3. The maximum atomic E-state index is 12.1. The molecule has 0 aromatic heterocycles. The topological polar surface area (TPSA) is 60.9 Å². The largest absolute Gasteiger partial charge is 0.480 e. The van der Waals surface area contributed by atoms with E-state index in [9.17, 15) is 9.59 Å². The minimum Gasteiger partial charge on any atom is -0.480 e. The van der Waals surface area contributed by atoms with Gasteiger partial charge in [-0.1, -0.05) is 19.3 Å². The molecule has 1 N–H and O–H groups in total. The Labute approximate surface area is 108 Å². The van der Waals surface area contributed by atoms with Crippen LogP contribution in [0, 0.1) is 5.92 Å². The highest BCUT2D eigenvalue weighted by atomic mass is 16.4. The normalized spacial score (nSPS) is 27.7. The first-order valence-corrected chi connectivity index (χ1v) is 6.78. The van der Waals surface area contributed by atoms with Crippen molar-refractivity contribution in [3.05, 3.63) is 0 Å². The average molecular weight is 254 g/mol. The Morgan fingerprint density at radius 2 is 1.94 bits per heavy atom. The molecule has 0 bridgehead atoms. The van der Waals surface area contributed by atoms with E-state index in [0.29, 0.717) is 12.5 Å². The Balaban J connectivity index is 2.06. The first kappa shape index (κ1) is 13.2. The van der Waals surface area contributed by atoms with Crippen LogP contribution in [0.5, 0.6) is 0 Å². The highest BCUT2D eigenvalue weighted by Gasteiger charge is 2.42. The summed E-state index contributed by atoms with van der Waals surface area (Å²) in [5.74, 6) is -0.389. The van der Waals surface area contributed by atoms with Crippen molar-refractivity contribution < 1.29 is 14.7 Å². The molecule has 5 nitrogen and oxygen atoms in total. The number of carboxylic acid groups (broad SMARTS) is 1. The zero-order valence-corrected chi connectivity index (χ0v) is 11.1. The number of hydrogen-bond acceptors (Lipinski definition) is 2. The molecule has 2 amide bonds. The molecule has 2 aliphatic rings. The van der Waals surface area contributed by atoms with E-state index in [2.05, 4.69) is 0 Å². The fraction of sp³-hybridized carbons (Fsp3) is 0.846. The lowest BCUT2D eigenvalue weighted by molar-refractivity contribution is -0.141. The summed E-state index contributed by atoms with van der Waals surface area (Å²) in [7, 11) is 1.80. The van der Waals surface area contributed by atoms with Crippen LogP contribution in [0.15, 0.2) is 0 Å². The maximum absolute atomic E-state index is 12.1. The number of rotatable bonds is 3. The molecule has 1 heterocycles. The van der Waals surface area contributed by atoms with Crippen molar-refractivity contribution >= 4 is 12.0 Å². The van der Waals surface area contributed by atoms with Gasteiger partial charge >= 0.3 is 12.0 Å². The van der Waals surface area contributed by atoms with Gasteiger partial charge in [0.25, 0.3) is 0 Å². The van der Waals surface area contributed by atoms with Crippen molar-refractivity contribution in [2.45, 2.75) is 51.1 Å². The number of carbonyl (C=O) groups excluding carboxylic acids is 1. The second-order valence-electron chi connectivity index (χ2n) is 5.53. The van der Waals surface area contributed by atoms with Crippen LogP contribution in [0.1, 0.15) is 39.0 Å². The van der Waals surface area contributed by atoms with Gasteiger partial charge in [-0.2, -0.15) is 0 Å². The minimum absolute atomic E-state index is 0.138. The monoisotopic (exact) mass is 254 g/mol. The highest BCUT2D eigenvalue weighted by Crippen LogP contribution is 2.32. The molecule has 0 radical (unpaired) electrons. The molecule has 0 aromatic carbocycles. The molecule has 5 heteroatoms. The van der Waals surface area contributed by atoms with Gasteiger partial charge in [0.05, 0.1) is 6.04 Å². The molecule has 18 heavy (non-hydrogen) atoms. The molecule has 2 atom stereocenters. The highest BCUT2D eigenvalue weighted by molar-refractivity contribution is 5.84. The zero-order valence-electron chi connectivity index (χ0n) is 11.1. The van der Waals surface area contributed by atoms with Crippen molar-refractivity contribution in [1.82, 2.24) is 9.80 Å². The number of urea groups is 1. The summed E-state index contributed by atoms with van der Waals surface area (Å²) in [5, 5.41) is 9.03. The Morgan fingerprint density at radius 3 is 2.50 bits per heavy atom. The molecule has 0 aromatic rings. The number of carboxylic acids is 1. The summed E-state index contributed by atoms with van der Waals surface area (Å²) in [4.78, 5) is 26.3. The molecule has 1 aliphatic carbocycles. The predicted molar refractivity (Wildman–Crippen MR) is 67.3 cm³/mol. The molecule has 2 unspecified atom stereocenters. The van der Waals surface area contributed by atoms with Gasteiger partial charge in [0.1, 0.15) is 6.04 Å². The van der Waals surface area contributed by atoms with Crippen molar-refractivity contribution in [2.75, 3.05) is 13.6 Å². The Bertz CT molecular complexity index is 339. The van der Waals surface area contributed by atoms with Gasteiger partial charge in [-0.3, -0.25) is 0 Å². The minimum atomic E-state index is -0.930. The molecule has 2 fully saturated rings. The van der Waals surface area contributed by atoms with Gasteiger partial charge in [0, 0.05) is 13.6 Å². The van der Waals surface area contributed by atoms with Gasteiger partial charge in [-0.05, 0) is 25.7 Å². The quantitative estimate of drug-likeness (QED) is 0.835. The van der Waals surface area contributed by atoms with Crippen LogP contribution >= 0.6 is 0 Å². The lowest BCUT2D eigenvalue weighted by atomic mass is 9.83. The number of nitrogens with zero attached hydrogens (tertiary/aromatic N) is 2. The number of hydrogen-bond donors (Lipinski definition) is 1. The number of likely N-dealkylation sites (N-methyl/N-ethyl adjacent to an activating group) is 1. The summed E-state index contributed by atoms with van der Waals surface area (Å²) < 4.78 is 0. The van der Waals surface area contributed by atoms with Crippen LogP contribution < -0.4 is 0 Å². The Hall–Kier alpha value is -1.26. The molecule has 0 spiro atoms. The molecule has 2 rings (SSSR count). The molecule has 102 valence electrons. The first-order chi connectivity index (χ1) is 8.52. The summed E-state index contributed by atoms with van der Waals surface area (Å²) in [6.07, 6.45) is 6.08. The van der Waals surface area contributed by atoms with Crippen molar-refractivity contribution in [3.8, 4) is 0 Å². The summed E-state index contributed by atoms with van der Waals surface area (Å²) in [5.41, 5.74) is 0. The summed E-state index contributed by atoms with van der Waals surface area (Å²) >= 11 is 0. The molecule has 1 aliphatic heterocycles. The Morgan fingerprint density at radius 1 is 1.33 bits per heavy atom. The van der Waals surface area contributed by atoms with Gasteiger partial charge in [-0.15, -0.1) is 0 Å². The third kappa shape index (κ3) is 2.31. The molecule has 1 saturated carbocycles. The van der Waals surface area contributed by atoms with Crippen molar-refractivity contribution in [1.29, 1.82) is 0 Å². The van der Waals surface area contributed by atoms with E-state index in [1.807, 2.05) is 0 Å². The van der Waals surface area contributed by atoms with Crippen LogP contribution in [0.2, 0.25) is 0 Å². The fourth-order valence-corrected chi connectivity index (χ4v) is 3.19. The van der Waals surface area contributed by atoms with E-state index in [1.54, 1.807) is 18.9 Å². The second-order valence-corrected chi connectivity index (χ2v) is 5.53. The number of carbonyl (C=O) groups is 2. The number of aliphatic carboxylic acids is 1. The van der Waals surface area contributed by atoms with Gasteiger partial charge in [0.2, 0.25) is 0 Å². The van der Waals surface area contributed by atoms with Crippen molar-refractivity contribution in [3.63, 3.8) is 0 Å². The van der Waals surface area contributed by atoms with Crippen LogP contribution in [0.3, 0.4) is 0 Å². The molecular formula is C13H22N2O3. The predicted octanol–water partition coefficient (Wildman–Crippen LogP) is 1.78. The Kier molecular flexibility index (Phi) is 3.78. The van der Waals surface area contributed by atoms with Crippen LogP contribution in [0.25, 0.3) is 0 Å². The maximum Gasteiger partial charge on any atom is 0.326 e. The van der Waals surface area contributed by atoms with Crippen LogP contribution in [-0.4, -0.2) is 52.6 Å². The van der Waals surface area contributed by atoms with E-state index in [1.165, 1.54) is 24.2 Å². The van der Waals surface area contributed by atoms with E-state index >= 15 is 0 Å². The van der Waals surface area contributed by atoms with Crippen molar-refractivity contribution in [2.24, 2.45) is 5.92 Å². The van der Waals surface area contributed by atoms with E-state index in [4.69, 9.17) is 5.11 Å². The van der Waals surface area contributed by atoms with E-state index in [0.717, 1.165) is 12.8 Å². The SMILES string of the molecule is CC(C(=O)O)N1CC(C2CCCCC2)N(C)C1=O. The summed E-state index contributed by atoms with van der Waals surface area (Å²) in [6, 6.07) is -0.673. The smallest absolute Gasteiger partial charge is 0.326 e. The molecular weight excluding hydrogens is 232 g/mol. The third-order valence-corrected chi connectivity index (χ3v) is 4.45. The number of amides is 2. The van der Waals surface area contributed by atoms with E-state index in [-0.39, 0.29) is 12.1 Å². The van der Waals surface area contributed by atoms with Gasteiger partial charge in [0.15, 0.2) is 0 Å². The van der Waals surface area contributed by atoms with Gasteiger partial charge < -0.3 is 14.9 Å². The second kappa shape index (κ2) is 5.16. The first-order valence-electron chi connectivity index (χ1n) is 6.78. The third-order valence-electron chi connectivity index (χ3n) is 4.45. The van der Waals surface area contributed by atoms with Crippen LogP contribution in [0.4, 0.5) is 4.79 Å². The standard InChI is InChI=1S/C13H22N2O3/c1-9(12(16)17)15-8-11(14(2)13(15)18)10-6-4-3-5-7-10/h9-11H,3-8H2,1-2H3,(H,16,17).